The normalized spacial score (nSPS) is 21.6. The van der Waals surface area contributed by atoms with Crippen LogP contribution < -0.4 is 9.05 Å². The second-order valence-electron chi connectivity index (χ2n) is 12.3. The molecule has 1 atom stereocenters. The fourth-order valence-electron chi connectivity index (χ4n) is 5.37. The zero-order valence-electron chi connectivity index (χ0n) is 27.3. The minimum Gasteiger partial charge on any atom is -0.427 e. The molecule has 1 unspecified atom stereocenters. The Morgan fingerprint density at radius 2 is 0.818 bits per heavy atom. The summed E-state index contributed by atoms with van der Waals surface area (Å²) in [5, 5.41) is 0. The van der Waals surface area contributed by atoms with Crippen molar-refractivity contribution in [3.05, 3.63) is 59.7 Å². The topological polar surface area (TPSA) is 55.4 Å². The van der Waals surface area contributed by atoms with Gasteiger partial charge in [-0.25, -0.2) is 0 Å². The number of rotatable bonds is 20. The quantitative estimate of drug-likeness (QED) is 0.104. The number of unbranched alkanes of at least 4 members (excludes halogenated alkanes) is 12. The van der Waals surface area contributed by atoms with Crippen LogP contribution in [-0.2, 0) is 30.9 Å². The van der Waals surface area contributed by atoms with Crippen LogP contribution >= 0.6 is 27.1 Å². The van der Waals surface area contributed by atoms with E-state index >= 15 is 0 Å². The van der Waals surface area contributed by atoms with Gasteiger partial charge in [-0.1, -0.05) is 115 Å². The summed E-state index contributed by atoms with van der Waals surface area (Å²) in [6.45, 7) is 6.44. The number of hydrogen-bond donors (Lipinski definition) is 0. The Hall–Kier alpha value is -0.830. The van der Waals surface area contributed by atoms with Gasteiger partial charge in [-0.3, -0.25) is 0 Å². The van der Waals surface area contributed by atoms with Crippen LogP contribution in [0.5, 0.6) is 11.5 Å². The number of benzene rings is 2. The minimum atomic E-state index is -1.43. The SMILES string of the molecule is CCCCCCCCCc1ccc(OP2OCC3(CO2)COP(Oc2ccc(CCCCCCCCC)cc2)OC3)cc1.P. The maximum absolute atomic E-state index is 6.00. The second-order valence-corrected chi connectivity index (χ2v) is 14.5. The summed E-state index contributed by atoms with van der Waals surface area (Å²) in [5.41, 5.74) is 2.38. The highest BCUT2D eigenvalue weighted by Gasteiger charge is 2.44. The van der Waals surface area contributed by atoms with Gasteiger partial charge < -0.3 is 27.1 Å². The van der Waals surface area contributed by atoms with E-state index < -0.39 is 17.2 Å². The molecule has 2 aromatic carbocycles. The van der Waals surface area contributed by atoms with Crippen LogP contribution in [0.3, 0.4) is 0 Å². The van der Waals surface area contributed by atoms with Gasteiger partial charge in [0.15, 0.2) is 0 Å². The average molecular weight is 667 g/mol. The average Bonchev–Trinajstić information content (AvgIpc) is 3.04. The molecule has 2 heterocycles. The molecule has 6 nitrogen and oxygen atoms in total. The molecule has 0 amide bonds. The summed E-state index contributed by atoms with van der Waals surface area (Å²) in [6, 6.07) is 16.7. The molecule has 44 heavy (non-hydrogen) atoms. The van der Waals surface area contributed by atoms with E-state index in [9.17, 15) is 0 Å². The van der Waals surface area contributed by atoms with Crippen molar-refractivity contribution in [2.24, 2.45) is 5.41 Å². The van der Waals surface area contributed by atoms with Crippen molar-refractivity contribution in [1.82, 2.24) is 0 Å². The molecule has 0 N–H and O–H groups in total. The third kappa shape index (κ3) is 13.9. The fraction of sp³-hybridized carbons (Fsp3) is 0.657. The van der Waals surface area contributed by atoms with Crippen LogP contribution in [0.1, 0.15) is 115 Å². The number of hydrogen-bond acceptors (Lipinski definition) is 6. The molecule has 248 valence electrons. The number of aryl methyl sites for hydroxylation is 2. The lowest BCUT2D eigenvalue weighted by Crippen LogP contribution is -2.45. The molecule has 0 radical (unpaired) electrons. The maximum atomic E-state index is 6.00. The van der Waals surface area contributed by atoms with E-state index in [1.807, 2.05) is 24.3 Å². The molecule has 4 rings (SSSR count). The molecular formula is C35H57O6P3. The Morgan fingerprint density at radius 1 is 0.500 bits per heavy atom. The van der Waals surface area contributed by atoms with Crippen molar-refractivity contribution in [2.45, 2.75) is 117 Å². The molecule has 9 heteroatoms. The lowest BCUT2D eigenvalue weighted by molar-refractivity contribution is -0.0672. The molecule has 2 aromatic rings. The largest absolute Gasteiger partial charge is 0.427 e. The highest BCUT2D eigenvalue weighted by atomic mass is 31.2. The van der Waals surface area contributed by atoms with Crippen molar-refractivity contribution < 1.29 is 27.1 Å². The third-order valence-corrected chi connectivity index (χ3v) is 10.3. The van der Waals surface area contributed by atoms with Gasteiger partial charge in [0, 0.05) is 0 Å². The van der Waals surface area contributed by atoms with Gasteiger partial charge in [-0.05, 0) is 61.1 Å². The lowest BCUT2D eigenvalue weighted by atomic mass is 9.93. The van der Waals surface area contributed by atoms with E-state index in [-0.39, 0.29) is 15.3 Å². The first kappa shape index (κ1) is 37.6. The van der Waals surface area contributed by atoms with Gasteiger partial charge >= 0.3 is 17.2 Å². The molecule has 2 saturated heterocycles. The van der Waals surface area contributed by atoms with E-state index in [1.54, 1.807) is 0 Å². The first-order valence-electron chi connectivity index (χ1n) is 16.8. The van der Waals surface area contributed by atoms with Crippen molar-refractivity contribution in [2.75, 3.05) is 26.4 Å². The molecule has 0 aliphatic carbocycles. The van der Waals surface area contributed by atoms with Crippen LogP contribution in [0.25, 0.3) is 0 Å². The van der Waals surface area contributed by atoms with Gasteiger partial charge in [-0.15, -0.1) is 0 Å². The summed E-state index contributed by atoms with van der Waals surface area (Å²) in [5.74, 6) is 1.57. The molecule has 2 aliphatic rings. The Balaban J connectivity index is 0.00000529. The second kappa shape index (κ2) is 21.9. The van der Waals surface area contributed by atoms with E-state index in [0.29, 0.717) is 26.4 Å². The van der Waals surface area contributed by atoms with Crippen molar-refractivity contribution in [3.8, 4) is 11.5 Å². The highest BCUT2D eigenvalue weighted by molar-refractivity contribution is 7.42. The summed E-state index contributed by atoms with van der Waals surface area (Å²) in [6.07, 6.45) is 20.9. The van der Waals surface area contributed by atoms with E-state index in [2.05, 4.69) is 38.1 Å². The minimum absolute atomic E-state index is 0. The van der Waals surface area contributed by atoms with Gasteiger partial charge in [0.1, 0.15) is 11.5 Å². The Morgan fingerprint density at radius 3 is 1.16 bits per heavy atom. The van der Waals surface area contributed by atoms with Crippen LogP contribution in [0.4, 0.5) is 0 Å². The molecule has 1 spiro atoms. The van der Waals surface area contributed by atoms with Gasteiger partial charge in [-0.2, -0.15) is 9.90 Å². The zero-order chi connectivity index (χ0) is 30.0. The molecule has 0 bridgehead atoms. The predicted octanol–water partition coefficient (Wildman–Crippen LogP) is 11.3. The lowest BCUT2D eigenvalue weighted by Gasteiger charge is -2.41. The Bertz CT molecular complexity index is 906. The fourth-order valence-corrected chi connectivity index (χ4v) is 7.83. The van der Waals surface area contributed by atoms with Gasteiger partial charge in [0.25, 0.3) is 0 Å². The van der Waals surface area contributed by atoms with Gasteiger partial charge in [0.2, 0.25) is 0 Å². The van der Waals surface area contributed by atoms with Crippen molar-refractivity contribution >= 4 is 27.1 Å². The summed E-state index contributed by atoms with van der Waals surface area (Å²) >= 11 is 0. The van der Waals surface area contributed by atoms with E-state index in [4.69, 9.17) is 27.1 Å². The van der Waals surface area contributed by atoms with E-state index in [0.717, 1.165) is 24.3 Å². The summed E-state index contributed by atoms with van der Waals surface area (Å²) < 4.78 is 35.9. The first-order valence-corrected chi connectivity index (χ1v) is 19.0. The van der Waals surface area contributed by atoms with Crippen LogP contribution in [-0.4, -0.2) is 26.4 Å². The standard InChI is InChI=1S/C35H54O6P2.H3P/c1-3-5-7-9-11-13-15-17-31-19-23-33(24-20-31)40-42-36-27-35(28-37-42)29-38-43(39-30-35)41-34-25-21-32(22-26-34)18-16-14-12-10-8-6-4-2;/h19-26H,3-18,27-30H2,1-2H3;1H3. The van der Waals surface area contributed by atoms with Gasteiger partial charge in [0.05, 0.1) is 31.8 Å². The van der Waals surface area contributed by atoms with Crippen LogP contribution in [0.2, 0.25) is 0 Å². The monoisotopic (exact) mass is 666 g/mol. The summed E-state index contributed by atoms with van der Waals surface area (Å²) in [7, 11) is -2.86. The maximum Gasteiger partial charge on any atom is 0.397 e. The Labute approximate surface area is 273 Å². The van der Waals surface area contributed by atoms with Crippen molar-refractivity contribution in [1.29, 1.82) is 0 Å². The smallest absolute Gasteiger partial charge is 0.397 e. The van der Waals surface area contributed by atoms with Crippen LogP contribution in [0.15, 0.2) is 48.5 Å². The molecule has 2 fully saturated rings. The molecule has 0 saturated carbocycles. The third-order valence-electron chi connectivity index (χ3n) is 8.25. The molecular weight excluding hydrogens is 609 g/mol. The zero-order valence-corrected chi connectivity index (χ0v) is 30.5. The Kier molecular flexibility index (Phi) is 18.7. The summed E-state index contributed by atoms with van der Waals surface area (Å²) in [4.78, 5) is 0. The highest BCUT2D eigenvalue weighted by Crippen LogP contribution is 2.53. The van der Waals surface area contributed by atoms with Crippen LogP contribution in [0, 0.1) is 5.41 Å². The van der Waals surface area contributed by atoms with E-state index in [1.165, 1.54) is 101 Å². The molecule has 0 aromatic heterocycles. The molecule has 2 aliphatic heterocycles. The van der Waals surface area contributed by atoms with Crippen molar-refractivity contribution in [3.63, 3.8) is 0 Å². The first-order chi connectivity index (χ1) is 21.2. The predicted molar refractivity (Wildman–Crippen MR) is 189 cm³/mol.